The minimum atomic E-state index is -0.0217. The SMILES string of the molecule is CCn1c(SCC(=O)NCC2CN(Cc3ccccc3)CCO2)nnc1-c1cccc(C)c1. The number of ether oxygens (including phenoxy) is 1. The standard InChI is InChI=1S/C25H31N5O2S/c1-3-30-24(21-11-7-8-19(2)14-21)27-28-25(30)33-18-23(31)26-15-22-17-29(12-13-32-22)16-20-9-5-4-6-10-20/h4-11,14,22H,3,12-13,15-18H2,1-2H3,(H,26,31). The van der Waals surface area contributed by atoms with Gasteiger partial charge in [0.2, 0.25) is 5.91 Å². The highest BCUT2D eigenvalue weighted by Gasteiger charge is 2.21. The lowest BCUT2D eigenvalue weighted by atomic mass is 10.1. The molecule has 2 aromatic carbocycles. The Morgan fingerprint density at radius 1 is 1.18 bits per heavy atom. The Hall–Kier alpha value is -2.68. The number of amides is 1. The van der Waals surface area contributed by atoms with E-state index in [0.29, 0.717) is 18.9 Å². The highest BCUT2D eigenvalue weighted by Crippen LogP contribution is 2.24. The second-order valence-electron chi connectivity index (χ2n) is 8.23. The van der Waals surface area contributed by atoms with Crippen LogP contribution in [-0.2, 0) is 22.6 Å². The van der Waals surface area contributed by atoms with Crippen molar-refractivity contribution >= 4 is 17.7 Å². The molecular weight excluding hydrogens is 434 g/mol. The normalized spacial score (nSPS) is 16.6. The first kappa shape index (κ1) is 23.5. The first-order valence-electron chi connectivity index (χ1n) is 11.4. The fourth-order valence-electron chi connectivity index (χ4n) is 3.98. The molecule has 1 fully saturated rings. The molecule has 2 heterocycles. The van der Waals surface area contributed by atoms with Gasteiger partial charge in [-0.1, -0.05) is 65.9 Å². The number of carbonyl (C=O) groups excluding carboxylic acids is 1. The third-order valence-electron chi connectivity index (χ3n) is 5.64. The Labute approximate surface area is 199 Å². The first-order valence-corrected chi connectivity index (χ1v) is 12.4. The summed E-state index contributed by atoms with van der Waals surface area (Å²) in [5, 5.41) is 12.5. The van der Waals surface area contributed by atoms with Crippen molar-refractivity contribution in [2.75, 3.05) is 32.0 Å². The van der Waals surface area contributed by atoms with E-state index in [1.165, 1.54) is 22.9 Å². The summed E-state index contributed by atoms with van der Waals surface area (Å²) in [4.78, 5) is 14.9. The highest BCUT2D eigenvalue weighted by molar-refractivity contribution is 7.99. The lowest BCUT2D eigenvalue weighted by molar-refractivity contribution is -0.119. The molecule has 0 saturated carbocycles. The van der Waals surface area contributed by atoms with Crippen molar-refractivity contribution in [3.63, 3.8) is 0 Å². The summed E-state index contributed by atoms with van der Waals surface area (Å²) in [5.74, 6) is 1.11. The molecule has 1 amide bonds. The molecule has 1 aliphatic heterocycles. The minimum absolute atomic E-state index is 0.00336. The van der Waals surface area contributed by atoms with Gasteiger partial charge in [-0.15, -0.1) is 10.2 Å². The van der Waals surface area contributed by atoms with Crippen molar-refractivity contribution in [3.05, 3.63) is 65.7 Å². The molecule has 0 aliphatic carbocycles. The van der Waals surface area contributed by atoms with Crippen LogP contribution in [-0.4, -0.2) is 63.7 Å². The van der Waals surface area contributed by atoms with Gasteiger partial charge in [0, 0.05) is 38.3 Å². The summed E-state index contributed by atoms with van der Waals surface area (Å²) in [7, 11) is 0. The lowest BCUT2D eigenvalue weighted by Gasteiger charge is -2.33. The summed E-state index contributed by atoms with van der Waals surface area (Å²) in [6, 6.07) is 18.7. The number of nitrogens with zero attached hydrogens (tertiary/aromatic N) is 4. The maximum atomic E-state index is 12.5. The summed E-state index contributed by atoms with van der Waals surface area (Å²) < 4.78 is 7.92. The second-order valence-corrected chi connectivity index (χ2v) is 9.17. The van der Waals surface area contributed by atoms with E-state index in [4.69, 9.17) is 4.74 Å². The third kappa shape index (κ3) is 6.43. The Morgan fingerprint density at radius 3 is 2.82 bits per heavy atom. The predicted octanol–water partition coefficient (Wildman–Crippen LogP) is 3.38. The number of aromatic nitrogens is 3. The van der Waals surface area contributed by atoms with Gasteiger partial charge in [-0.3, -0.25) is 9.69 Å². The maximum absolute atomic E-state index is 12.5. The van der Waals surface area contributed by atoms with E-state index in [1.807, 2.05) is 18.2 Å². The van der Waals surface area contributed by atoms with Gasteiger partial charge < -0.3 is 14.6 Å². The molecule has 4 rings (SSSR count). The van der Waals surface area contributed by atoms with Crippen LogP contribution in [0, 0.1) is 6.92 Å². The highest BCUT2D eigenvalue weighted by atomic mass is 32.2. The number of rotatable bonds is 9. The molecule has 174 valence electrons. The second kappa shape index (κ2) is 11.4. The largest absolute Gasteiger partial charge is 0.374 e. The van der Waals surface area contributed by atoms with Gasteiger partial charge >= 0.3 is 0 Å². The molecule has 3 aromatic rings. The first-order chi connectivity index (χ1) is 16.1. The quantitative estimate of drug-likeness (QED) is 0.489. The van der Waals surface area contributed by atoms with Crippen LogP contribution in [0.1, 0.15) is 18.1 Å². The Balaban J connectivity index is 1.26. The van der Waals surface area contributed by atoms with Crippen LogP contribution in [0.2, 0.25) is 0 Å². The lowest BCUT2D eigenvalue weighted by Crippen LogP contribution is -2.47. The fraction of sp³-hybridized carbons (Fsp3) is 0.400. The Kier molecular flexibility index (Phi) is 8.15. The van der Waals surface area contributed by atoms with Crippen molar-refractivity contribution in [1.82, 2.24) is 25.0 Å². The number of aryl methyl sites for hydroxylation is 1. The summed E-state index contributed by atoms with van der Waals surface area (Å²) in [5.41, 5.74) is 3.51. The summed E-state index contributed by atoms with van der Waals surface area (Å²) in [6.07, 6.45) is 0.00336. The topological polar surface area (TPSA) is 72.3 Å². The van der Waals surface area contributed by atoms with Gasteiger partial charge in [-0.05, 0) is 25.5 Å². The molecular formula is C25H31N5O2S. The number of benzene rings is 2. The van der Waals surface area contributed by atoms with Crippen molar-refractivity contribution in [2.24, 2.45) is 0 Å². The van der Waals surface area contributed by atoms with Crippen molar-refractivity contribution < 1.29 is 9.53 Å². The minimum Gasteiger partial charge on any atom is -0.374 e. The molecule has 0 spiro atoms. The van der Waals surface area contributed by atoms with E-state index < -0.39 is 0 Å². The van der Waals surface area contributed by atoms with Gasteiger partial charge in [0.25, 0.3) is 0 Å². The monoisotopic (exact) mass is 465 g/mol. The zero-order valence-electron chi connectivity index (χ0n) is 19.2. The molecule has 33 heavy (non-hydrogen) atoms. The molecule has 0 radical (unpaired) electrons. The number of carbonyl (C=O) groups is 1. The Morgan fingerprint density at radius 2 is 2.03 bits per heavy atom. The van der Waals surface area contributed by atoms with Gasteiger partial charge in [-0.2, -0.15) is 0 Å². The van der Waals surface area contributed by atoms with Gasteiger partial charge in [0.1, 0.15) is 0 Å². The van der Waals surface area contributed by atoms with Gasteiger partial charge in [-0.25, -0.2) is 0 Å². The van der Waals surface area contributed by atoms with Crippen LogP contribution in [0.5, 0.6) is 0 Å². The van der Waals surface area contributed by atoms with Crippen molar-refractivity contribution in [1.29, 1.82) is 0 Å². The van der Waals surface area contributed by atoms with Crippen LogP contribution in [0.3, 0.4) is 0 Å². The van der Waals surface area contributed by atoms with Gasteiger partial charge in [0.05, 0.1) is 18.5 Å². The van der Waals surface area contributed by atoms with E-state index in [9.17, 15) is 4.79 Å². The van der Waals surface area contributed by atoms with E-state index in [2.05, 4.69) is 75.2 Å². The average Bonchev–Trinajstić information content (AvgIpc) is 3.25. The molecule has 0 bridgehead atoms. The predicted molar refractivity (Wildman–Crippen MR) is 131 cm³/mol. The molecule has 1 saturated heterocycles. The molecule has 1 atom stereocenters. The summed E-state index contributed by atoms with van der Waals surface area (Å²) >= 11 is 1.41. The van der Waals surface area contributed by atoms with E-state index in [1.54, 1.807) is 0 Å². The fourth-order valence-corrected chi connectivity index (χ4v) is 4.81. The average molecular weight is 466 g/mol. The molecule has 1 unspecified atom stereocenters. The Bertz CT molecular complexity index is 1060. The molecule has 1 aliphatic rings. The molecule has 1 N–H and O–H groups in total. The van der Waals surface area contributed by atoms with Crippen LogP contribution in [0.15, 0.2) is 59.8 Å². The maximum Gasteiger partial charge on any atom is 0.230 e. The molecule has 7 nitrogen and oxygen atoms in total. The van der Waals surface area contributed by atoms with Crippen molar-refractivity contribution in [2.45, 2.75) is 38.2 Å². The number of nitrogens with one attached hydrogen (secondary N) is 1. The molecule has 8 heteroatoms. The smallest absolute Gasteiger partial charge is 0.230 e. The number of hydrogen-bond donors (Lipinski definition) is 1. The van der Waals surface area contributed by atoms with Crippen LogP contribution in [0.4, 0.5) is 0 Å². The van der Waals surface area contributed by atoms with Crippen molar-refractivity contribution in [3.8, 4) is 11.4 Å². The van der Waals surface area contributed by atoms with E-state index >= 15 is 0 Å². The third-order valence-corrected chi connectivity index (χ3v) is 6.61. The number of morpholine rings is 1. The van der Waals surface area contributed by atoms with E-state index in [0.717, 1.165) is 42.7 Å². The zero-order chi connectivity index (χ0) is 23.0. The molecule has 1 aromatic heterocycles. The van der Waals surface area contributed by atoms with Crippen LogP contribution >= 0.6 is 11.8 Å². The number of hydrogen-bond acceptors (Lipinski definition) is 6. The zero-order valence-corrected chi connectivity index (χ0v) is 20.1. The van der Waals surface area contributed by atoms with Crippen LogP contribution < -0.4 is 5.32 Å². The van der Waals surface area contributed by atoms with Crippen LogP contribution in [0.25, 0.3) is 11.4 Å². The number of thioether (sulfide) groups is 1. The van der Waals surface area contributed by atoms with E-state index in [-0.39, 0.29) is 12.0 Å². The summed E-state index contributed by atoms with van der Waals surface area (Å²) in [6.45, 7) is 8.69. The van der Waals surface area contributed by atoms with Gasteiger partial charge in [0.15, 0.2) is 11.0 Å².